The average Bonchev–Trinajstić information content (AvgIpc) is 3.10. The van der Waals surface area contributed by atoms with Crippen LogP contribution >= 0.6 is 11.3 Å². The molecule has 3 rings (SSSR count). The number of carbonyl (C=O) groups is 1. The lowest BCUT2D eigenvalue weighted by Crippen LogP contribution is -2.27. The first-order valence-electron chi connectivity index (χ1n) is 8.36. The first-order chi connectivity index (χ1) is 13.0. The fraction of sp³-hybridized carbons (Fsp3) is 0.200. The third-order valence-electron chi connectivity index (χ3n) is 3.86. The van der Waals surface area contributed by atoms with Crippen molar-refractivity contribution < 1.29 is 18.3 Å². The Labute approximate surface area is 159 Å². The molecule has 0 aliphatic carbocycles. The molecule has 1 heterocycles. The number of amides is 1. The average molecular weight is 388 g/mol. The van der Waals surface area contributed by atoms with Crippen molar-refractivity contribution in [2.24, 2.45) is 0 Å². The number of ether oxygens (including phenoxy) is 1. The normalized spacial score (nSPS) is 12.0. The van der Waals surface area contributed by atoms with Crippen molar-refractivity contribution in [2.75, 3.05) is 5.32 Å². The van der Waals surface area contributed by atoms with Gasteiger partial charge in [0, 0.05) is 17.5 Å². The Morgan fingerprint density at radius 2 is 1.93 bits per heavy atom. The third-order valence-corrected chi connectivity index (χ3v) is 4.77. The molecule has 0 spiro atoms. The highest BCUT2D eigenvalue weighted by molar-refractivity contribution is 7.15. The number of nitrogens with zero attached hydrogens (tertiary/aromatic N) is 1. The molecule has 0 bridgehead atoms. The summed E-state index contributed by atoms with van der Waals surface area (Å²) in [6.45, 7) is 2.02. The SMILES string of the molecule is CC(OCc1ccccc1)C(=O)Nc1ncc(Cc2ccc(F)c(F)c2)s1. The van der Waals surface area contributed by atoms with E-state index in [4.69, 9.17) is 4.74 Å². The van der Waals surface area contributed by atoms with Gasteiger partial charge in [0.15, 0.2) is 16.8 Å². The van der Waals surface area contributed by atoms with Crippen LogP contribution in [-0.4, -0.2) is 17.0 Å². The summed E-state index contributed by atoms with van der Waals surface area (Å²) in [6.07, 6.45) is 1.38. The zero-order chi connectivity index (χ0) is 19.2. The van der Waals surface area contributed by atoms with Gasteiger partial charge in [-0.15, -0.1) is 11.3 Å². The van der Waals surface area contributed by atoms with Gasteiger partial charge >= 0.3 is 0 Å². The molecule has 1 N–H and O–H groups in total. The standard InChI is InChI=1S/C20H18F2N2O2S/c1-13(26-12-14-5-3-2-4-6-14)19(25)24-20-23-11-16(27-20)9-15-7-8-17(21)18(22)10-15/h2-8,10-11,13H,9,12H2,1H3,(H,23,24,25). The second kappa shape index (κ2) is 8.83. The zero-order valence-corrected chi connectivity index (χ0v) is 15.4. The Balaban J connectivity index is 1.53. The second-order valence-electron chi connectivity index (χ2n) is 5.99. The second-order valence-corrected chi connectivity index (χ2v) is 7.10. The Kier molecular flexibility index (Phi) is 6.26. The molecule has 140 valence electrons. The van der Waals surface area contributed by atoms with Crippen molar-refractivity contribution >= 4 is 22.4 Å². The summed E-state index contributed by atoms with van der Waals surface area (Å²) in [5.41, 5.74) is 1.62. The number of carbonyl (C=O) groups excluding carboxylic acids is 1. The van der Waals surface area contributed by atoms with Gasteiger partial charge in [-0.1, -0.05) is 36.4 Å². The Morgan fingerprint density at radius 3 is 2.67 bits per heavy atom. The molecule has 0 aliphatic rings. The van der Waals surface area contributed by atoms with Crippen molar-refractivity contribution in [2.45, 2.75) is 26.1 Å². The van der Waals surface area contributed by atoms with Crippen LogP contribution in [0.15, 0.2) is 54.7 Å². The highest BCUT2D eigenvalue weighted by Crippen LogP contribution is 2.22. The van der Waals surface area contributed by atoms with Gasteiger partial charge in [-0.05, 0) is 30.2 Å². The Hall–Kier alpha value is -2.64. The number of nitrogens with one attached hydrogen (secondary N) is 1. The largest absolute Gasteiger partial charge is 0.364 e. The van der Waals surface area contributed by atoms with Crippen molar-refractivity contribution in [3.05, 3.63) is 82.4 Å². The quantitative estimate of drug-likeness (QED) is 0.646. The van der Waals surface area contributed by atoms with E-state index in [-0.39, 0.29) is 5.91 Å². The van der Waals surface area contributed by atoms with Crippen LogP contribution in [0, 0.1) is 11.6 Å². The minimum Gasteiger partial charge on any atom is -0.364 e. The maximum atomic E-state index is 13.3. The number of halogens is 2. The highest BCUT2D eigenvalue weighted by atomic mass is 32.1. The molecule has 27 heavy (non-hydrogen) atoms. The monoisotopic (exact) mass is 388 g/mol. The molecule has 3 aromatic rings. The van der Waals surface area contributed by atoms with Gasteiger partial charge in [0.25, 0.3) is 5.91 Å². The summed E-state index contributed by atoms with van der Waals surface area (Å²) >= 11 is 1.28. The van der Waals surface area contributed by atoms with Gasteiger partial charge in [0.2, 0.25) is 0 Å². The molecule has 0 radical (unpaired) electrons. The van der Waals surface area contributed by atoms with Crippen LogP contribution in [-0.2, 0) is 22.6 Å². The summed E-state index contributed by atoms with van der Waals surface area (Å²) in [6, 6.07) is 13.4. The maximum Gasteiger partial charge on any atom is 0.255 e. The zero-order valence-electron chi connectivity index (χ0n) is 14.6. The van der Waals surface area contributed by atoms with Crippen molar-refractivity contribution in [3.8, 4) is 0 Å². The van der Waals surface area contributed by atoms with Crippen LogP contribution in [0.2, 0.25) is 0 Å². The van der Waals surface area contributed by atoms with Gasteiger partial charge in [-0.25, -0.2) is 13.8 Å². The van der Waals surface area contributed by atoms with Crippen LogP contribution in [0.5, 0.6) is 0 Å². The van der Waals surface area contributed by atoms with E-state index in [0.29, 0.717) is 23.7 Å². The van der Waals surface area contributed by atoms with E-state index in [0.717, 1.165) is 22.6 Å². The van der Waals surface area contributed by atoms with Crippen LogP contribution in [0.1, 0.15) is 22.9 Å². The van der Waals surface area contributed by atoms with Gasteiger partial charge in [-0.2, -0.15) is 0 Å². The van der Waals surface area contributed by atoms with E-state index in [1.54, 1.807) is 13.1 Å². The maximum absolute atomic E-state index is 13.3. The van der Waals surface area contributed by atoms with Crippen molar-refractivity contribution in [1.82, 2.24) is 4.98 Å². The topological polar surface area (TPSA) is 51.2 Å². The molecule has 0 aliphatic heterocycles. The van der Waals surface area contributed by atoms with E-state index >= 15 is 0 Å². The molecule has 1 unspecified atom stereocenters. The summed E-state index contributed by atoms with van der Waals surface area (Å²) < 4.78 is 31.8. The number of hydrogen-bond donors (Lipinski definition) is 1. The number of rotatable bonds is 7. The van der Waals surface area contributed by atoms with E-state index in [2.05, 4.69) is 10.3 Å². The fourth-order valence-corrected chi connectivity index (χ4v) is 3.23. The Morgan fingerprint density at radius 1 is 1.15 bits per heavy atom. The molecule has 2 aromatic carbocycles. The van der Waals surface area contributed by atoms with Crippen molar-refractivity contribution in [3.63, 3.8) is 0 Å². The minimum atomic E-state index is -0.880. The van der Waals surface area contributed by atoms with Crippen LogP contribution < -0.4 is 5.32 Å². The number of hydrogen-bond acceptors (Lipinski definition) is 4. The summed E-state index contributed by atoms with van der Waals surface area (Å²) in [4.78, 5) is 17.2. The van der Waals surface area contributed by atoms with E-state index in [1.165, 1.54) is 17.4 Å². The summed E-state index contributed by atoms with van der Waals surface area (Å²) in [7, 11) is 0. The minimum absolute atomic E-state index is 0.292. The molecule has 0 fully saturated rings. The van der Waals surface area contributed by atoms with Crippen LogP contribution in [0.3, 0.4) is 0 Å². The predicted molar refractivity (Wildman–Crippen MR) is 101 cm³/mol. The van der Waals surface area contributed by atoms with Crippen LogP contribution in [0.4, 0.5) is 13.9 Å². The third kappa shape index (κ3) is 5.42. The number of aromatic nitrogens is 1. The molecule has 0 saturated heterocycles. The lowest BCUT2D eigenvalue weighted by atomic mass is 10.1. The molecule has 7 heteroatoms. The first kappa shape index (κ1) is 19.1. The smallest absolute Gasteiger partial charge is 0.255 e. The highest BCUT2D eigenvalue weighted by Gasteiger charge is 2.15. The van der Waals surface area contributed by atoms with Crippen molar-refractivity contribution in [1.29, 1.82) is 0 Å². The van der Waals surface area contributed by atoms with Gasteiger partial charge in [0.1, 0.15) is 6.10 Å². The molecule has 1 atom stereocenters. The predicted octanol–water partition coefficient (Wildman–Crippen LogP) is 4.56. The first-order valence-corrected chi connectivity index (χ1v) is 9.18. The lowest BCUT2D eigenvalue weighted by Gasteiger charge is -2.12. The van der Waals surface area contributed by atoms with Gasteiger partial charge in [-0.3, -0.25) is 10.1 Å². The summed E-state index contributed by atoms with van der Waals surface area (Å²) in [5, 5.41) is 3.15. The Bertz CT molecular complexity index is 915. The molecular weight excluding hydrogens is 370 g/mol. The molecule has 1 aromatic heterocycles. The number of anilines is 1. The lowest BCUT2D eigenvalue weighted by molar-refractivity contribution is -0.127. The van der Waals surface area contributed by atoms with Gasteiger partial charge < -0.3 is 4.74 Å². The van der Waals surface area contributed by atoms with E-state index < -0.39 is 17.7 Å². The molecule has 4 nitrogen and oxygen atoms in total. The van der Waals surface area contributed by atoms with E-state index in [9.17, 15) is 13.6 Å². The number of benzene rings is 2. The molecule has 1 amide bonds. The van der Waals surface area contributed by atoms with Gasteiger partial charge in [0.05, 0.1) is 6.61 Å². The molecule has 0 saturated carbocycles. The number of thiazole rings is 1. The van der Waals surface area contributed by atoms with Crippen LogP contribution in [0.25, 0.3) is 0 Å². The fourth-order valence-electron chi connectivity index (χ4n) is 2.38. The van der Waals surface area contributed by atoms with E-state index in [1.807, 2.05) is 30.3 Å². The molecular formula is C20H18F2N2O2S. The summed E-state index contributed by atoms with van der Waals surface area (Å²) in [5.74, 6) is -2.05.